The number of carbonyl (C=O) groups excluding carboxylic acids is 1. The molecule has 0 saturated heterocycles. The number of phenolic OH excluding ortho intramolecular Hbond substituents is 1. The van der Waals surface area contributed by atoms with Gasteiger partial charge >= 0.3 is 0 Å². The zero-order chi connectivity index (χ0) is 15.5. The molecule has 1 amide bonds. The highest BCUT2D eigenvalue weighted by Gasteiger charge is 2.13. The predicted molar refractivity (Wildman–Crippen MR) is 86.6 cm³/mol. The van der Waals surface area contributed by atoms with E-state index in [4.69, 9.17) is 0 Å². The summed E-state index contributed by atoms with van der Waals surface area (Å²) in [6.07, 6.45) is 1.85. The Morgan fingerprint density at radius 3 is 2.36 bits per heavy atom. The van der Waals surface area contributed by atoms with Crippen LogP contribution in [0.5, 0.6) is 5.75 Å². The van der Waals surface area contributed by atoms with Crippen LogP contribution in [0, 0.1) is 6.92 Å². The largest absolute Gasteiger partial charge is 0.508 e. The molecule has 1 aromatic heterocycles. The second kappa shape index (κ2) is 5.77. The van der Waals surface area contributed by atoms with Gasteiger partial charge in [-0.3, -0.25) is 4.79 Å². The second-order valence-electron chi connectivity index (χ2n) is 5.02. The average molecular weight is 292 g/mol. The molecule has 0 aliphatic heterocycles. The van der Waals surface area contributed by atoms with Crippen LogP contribution >= 0.6 is 0 Å². The lowest BCUT2D eigenvalue weighted by atomic mass is 10.2. The molecule has 0 radical (unpaired) electrons. The molecule has 3 rings (SSSR count). The molecule has 0 aliphatic carbocycles. The summed E-state index contributed by atoms with van der Waals surface area (Å²) in [6.45, 7) is 1.90. The van der Waals surface area contributed by atoms with E-state index in [1.807, 2.05) is 48.0 Å². The van der Waals surface area contributed by atoms with Gasteiger partial charge in [-0.2, -0.15) is 0 Å². The van der Waals surface area contributed by atoms with Crippen LogP contribution in [0.3, 0.4) is 0 Å². The van der Waals surface area contributed by atoms with Gasteiger partial charge in [0, 0.05) is 23.3 Å². The Morgan fingerprint density at radius 2 is 1.68 bits per heavy atom. The molecule has 2 aromatic carbocycles. The lowest BCUT2D eigenvalue weighted by Crippen LogP contribution is -2.13. The van der Waals surface area contributed by atoms with Crippen molar-refractivity contribution in [2.75, 3.05) is 5.32 Å². The number of hydrogen-bond acceptors (Lipinski definition) is 2. The summed E-state index contributed by atoms with van der Waals surface area (Å²) in [7, 11) is 0. The van der Waals surface area contributed by atoms with Crippen molar-refractivity contribution in [3.05, 3.63) is 78.1 Å². The van der Waals surface area contributed by atoms with Gasteiger partial charge in [0.05, 0.1) is 5.56 Å². The lowest BCUT2D eigenvalue weighted by Gasteiger charge is -2.08. The van der Waals surface area contributed by atoms with Gasteiger partial charge < -0.3 is 15.0 Å². The maximum absolute atomic E-state index is 12.4. The summed E-state index contributed by atoms with van der Waals surface area (Å²) in [6, 6.07) is 18.0. The van der Waals surface area contributed by atoms with Crippen molar-refractivity contribution in [1.82, 2.24) is 4.57 Å². The Balaban J connectivity index is 1.87. The van der Waals surface area contributed by atoms with E-state index in [1.54, 1.807) is 30.3 Å². The third kappa shape index (κ3) is 2.72. The van der Waals surface area contributed by atoms with E-state index in [0.29, 0.717) is 5.56 Å². The van der Waals surface area contributed by atoms with E-state index in [1.165, 1.54) is 0 Å². The number of phenols is 1. The molecular formula is C18H16N2O2. The van der Waals surface area contributed by atoms with Gasteiger partial charge in [-0.15, -0.1) is 0 Å². The molecule has 0 saturated carbocycles. The minimum Gasteiger partial charge on any atom is -0.508 e. The molecule has 0 aliphatic rings. The summed E-state index contributed by atoms with van der Waals surface area (Å²) in [5.41, 5.74) is 3.13. The maximum atomic E-state index is 12.4. The summed E-state index contributed by atoms with van der Waals surface area (Å²) in [5.74, 6) is 0.0804. The van der Waals surface area contributed by atoms with E-state index >= 15 is 0 Å². The van der Waals surface area contributed by atoms with Crippen LogP contribution in [-0.2, 0) is 0 Å². The zero-order valence-corrected chi connectivity index (χ0v) is 12.2. The quantitative estimate of drug-likeness (QED) is 0.772. The predicted octanol–water partition coefficient (Wildman–Crippen LogP) is 3.74. The number of anilines is 1. The number of aromatic hydroxyl groups is 1. The van der Waals surface area contributed by atoms with Gasteiger partial charge in [-0.1, -0.05) is 18.2 Å². The first-order valence-electron chi connectivity index (χ1n) is 6.99. The number of hydrogen-bond donors (Lipinski definition) is 2. The van der Waals surface area contributed by atoms with Gasteiger partial charge in [0.1, 0.15) is 5.75 Å². The summed E-state index contributed by atoms with van der Waals surface area (Å²) in [4.78, 5) is 12.4. The molecule has 0 bridgehead atoms. The Hall–Kier alpha value is -3.01. The summed E-state index contributed by atoms with van der Waals surface area (Å²) in [5, 5.41) is 12.2. The van der Waals surface area contributed by atoms with Crippen LogP contribution in [0.1, 0.15) is 16.1 Å². The number of benzene rings is 2. The molecule has 2 N–H and O–H groups in total. The number of carbonyl (C=O) groups is 1. The Morgan fingerprint density at radius 1 is 1.00 bits per heavy atom. The number of amides is 1. The fourth-order valence-electron chi connectivity index (χ4n) is 2.36. The minimum atomic E-state index is -0.138. The fraction of sp³-hybridized carbons (Fsp3) is 0.0556. The van der Waals surface area contributed by atoms with E-state index in [2.05, 4.69) is 5.32 Å². The van der Waals surface area contributed by atoms with E-state index in [0.717, 1.165) is 17.1 Å². The molecule has 0 atom stereocenters. The number of rotatable bonds is 3. The van der Waals surface area contributed by atoms with Gasteiger partial charge in [0.2, 0.25) is 0 Å². The lowest BCUT2D eigenvalue weighted by molar-refractivity contribution is 0.102. The molecule has 4 nitrogen and oxygen atoms in total. The van der Waals surface area contributed by atoms with Crippen molar-refractivity contribution < 1.29 is 9.90 Å². The molecule has 0 fully saturated rings. The van der Waals surface area contributed by atoms with Crippen molar-refractivity contribution in [3.63, 3.8) is 0 Å². The van der Waals surface area contributed by atoms with Crippen molar-refractivity contribution >= 4 is 11.6 Å². The van der Waals surface area contributed by atoms with E-state index in [-0.39, 0.29) is 11.7 Å². The highest BCUT2D eigenvalue weighted by Crippen LogP contribution is 2.20. The van der Waals surface area contributed by atoms with Gasteiger partial charge in [-0.25, -0.2) is 0 Å². The third-order valence-corrected chi connectivity index (χ3v) is 3.55. The van der Waals surface area contributed by atoms with Crippen LogP contribution < -0.4 is 5.32 Å². The van der Waals surface area contributed by atoms with Crippen molar-refractivity contribution in [1.29, 1.82) is 0 Å². The molecule has 22 heavy (non-hydrogen) atoms. The Labute approximate surface area is 128 Å². The van der Waals surface area contributed by atoms with Crippen LogP contribution in [0.15, 0.2) is 66.9 Å². The highest BCUT2D eigenvalue weighted by molar-refractivity contribution is 6.05. The van der Waals surface area contributed by atoms with Gasteiger partial charge in [0.15, 0.2) is 0 Å². The topological polar surface area (TPSA) is 54.3 Å². The Bertz CT molecular complexity index is 790. The molecular weight excluding hydrogens is 276 g/mol. The van der Waals surface area contributed by atoms with E-state index < -0.39 is 0 Å². The monoisotopic (exact) mass is 292 g/mol. The summed E-state index contributed by atoms with van der Waals surface area (Å²) < 4.78 is 1.92. The van der Waals surface area contributed by atoms with Crippen LogP contribution in [0.4, 0.5) is 5.69 Å². The number of nitrogens with zero attached hydrogens (tertiary/aromatic N) is 1. The third-order valence-electron chi connectivity index (χ3n) is 3.55. The van der Waals surface area contributed by atoms with Crippen LogP contribution in [0.2, 0.25) is 0 Å². The van der Waals surface area contributed by atoms with Crippen LogP contribution in [0.25, 0.3) is 5.69 Å². The fourth-order valence-corrected chi connectivity index (χ4v) is 2.36. The van der Waals surface area contributed by atoms with Gasteiger partial charge in [-0.05, 0) is 49.4 Å². The first-order valence-corrected chi connectivity index (χ1v) is 6.99. The summed E-state index contributed by atoms with van der Waals surface area (Å²) >= 11 is 0. The van der Waals surface area contributed by atoms with Crippen molar-refractivity contribution in [2.45, 2.75) is 6.92 Å². The molecule has 1 heterocycles. The molecule has 0 spiro atoms. The Kier molecular flexibility index (Phi) is 3.66. The van der Waals surface area contributed by atoms with Gasteiger partial charge in [0.25, 0.3) is 5.91 Å². The zero-order valence-electron chi connectivity index (χ0n) is 12.2. The smallest absolute Gasteiger partial charge is 0.257 e. The first kappa shape index (κ1) is 13.9. The first-order chi connectivity index (χ1) is 10.6. The van der Waals surface area contributed by atoms with E-state index in [9.17, 15) is 9.90 Å². The molecule has 0 unspecified atom stereocenters. The second-order valence-corrected chi connectivity index (χ2v) is 5.02. The van der Waals surface area contributed by atoms with Crippen molar-refractivity contribution in [3.8, 4) is 11.4 Å². The number of para-hydroxylation sites is 1. The van der Waals surface area contributed by atoms with Crippen molar-refractivity contribution in [2.24, 2.45) is 0 Å². The highest BCUT2D eigenvalue weighted by atomic mass is 16.3. The number of aromatic nitrogens is 1. The molecule has 110 valence electrons. The SMILES string of the molecule is Cc1c(C(=O)Nc2ccccc2)ccn1-c1ccc(O)cc1. The molecule has 4 heteroatoms. The van der Waals surface area contributed by atoms with Crippen LogP contribution in [-0.4, -0.2) is 15.6 Å². The molecule has 3 aromatic rings. The standard InChI is InChI=1S/C18H16N2O2/c1-13-17(18(22)19-14-5-3-2-4-6-14)11-12-20(13)15-7-9-16(21)10-8-15/h2-12,21H,1H3,(H,19,22). The maximum Gasteiger partial charge on any atom is 0.257 e. The number of nitrogens with one attached hydrogen (secondary N) is 1. The minimum absolute atomic E-state index is 0.138. The normalized spacial score (nSPS) is 10.4. The average Bonchev–Trinajstić information content (AvgIpc) is 2.91.